The third kappa shape index (κ3) is 4.09. The molecule has 5 nitrogen and oxygen atoms in total. The molecule has 1 aliphatic rings. The lowest BCUT2D eigenvalue weighted by Crippen LogP contribution is -2.13. The maximum atomic E-state index is 10.00. The third-order valence-electron chi connectivity index (χ3n) is 2.74. The van der Waals surface area contributed by atoms with Crippen LogP contribution in [-0.4, -0.2) is 37.8 Å². The molecule has 0 aliphatic carbocycles. The van der Waals surface area contributed by atoms with Crippen LogP contribution in [0, 0.1) is 0 Å². The Hall–Kier alpha value is -1.30. The van der Waals surface area contributed by atoms with Crippen molar-refractivity contribution in [3.05, 3.63) is 23.8 Å². The molecule has 1 atom stereocenters. The van der Waals surface area contributed by atoms with E-state index in [1.165, 1.54) is 0 Å². The summed E-state index contributed by atoms with van der Waals surface area (Å²) in [4.78, 5) is 0. The van der Waals surface area contributed by atoms with Crippen LogP contribution < -0.4 is 9.47 Å². The summed E-state index contributed by atoms with van der Waals surface area (Å²) in [7, 11) is 0. The topological polar surface area (TPSA) is 57.2 Å². The molecule has 0 bridgehead atoms. The molecule has 0 spiro atoms. The fraction of sp³-hybridized carbons (Fsp3) is 0.571. The minimum absolute atomic E-state index is 0.197. The number of aliphatic hydroxyl groups is 1. The van der Waals surface area contributed by atoms with E-state index in [2.05, 4.69) is 0 Å². The zero-order valence-electron chi connectivity index (χ0n) is 11.3. The predicted octanol–water partition coefficient (Wildman–Crippen LogP) is 1.89. The van der Waals surface area contributed by atoms with Crippen LogP contribution in [0.4, 0.5) is 0 Å². The van der Waals surface area contributed by atoms with Gasteiger partial charge >= 0.3 is 0 Å². The molecular formula is C14H20O5. The van der Waals surface area contributed by atoms with Gasteiger partial charge in [-0.15, -0.1) is 0 Å². The fourth-order valence-electron chi connectivity index (χ4n) is 1.75. The van der Waals surface area contributed by atoms with E-state index >= 15 is 0 Å². The van der Waals surface area contributed by atoms with Gasteiger partial charge in [-0.2, -0.15) is 0 Å². The van der Waals surface area contributed by atoms with Gasteiger partial charge in [0.05, 0.1) is 25.9 Å². The van der Waals surface area contributed by atoms with E-state index in [4.69, 9.17) is 18.9 Å². The summed E-state index contributed by atoms with van der Waals surface area (Å²) < 4.78 is 21.2. The second-order valence-corrected chi connectivity index (χ2v) is 4.62. The van der Waals surface area contributed by atoms with Gasteiger partial charge in [0.15, 0.2) is 11.5 Å². The molecule has 1 N–H and O–H groups in total. The summed E-state index contributed by atoms with van der Waals surface area (Å²) in [6.07, 6.45) is -0.476. The van der Waals surface area contributed by atoms with E-state index in [9.17, 15) is 5.11 Å². The quantitative estimate of drug-likeness (QED) is 0.765. The molecule has 1 aromatic carbocycles. The molecule has 1 aliphatic heterocycles. The molecule has 0 radical (unpaired) electrons. The Bertz CT molecular complexity index is 405. The van der Waals surface area contributed by atoms with Crippen molar-refractivity contribution in [1.82, 2.24) is 0 Å². The molecular weight excluding hydrogens is 248 g/mol. The highest BCUT2D eigenvalue weighted by atomic mass is 16.7. The van der Waals surface area contributed by atoms with Crippen LogP contribution in [0.25, 0.3) is 0 Å². The van der Waals surface area contributed by atoms with Gasteiger partial charge in [-0.05, 0) is 31.5 Å². The van der Waals surface area contributed by atoms with E-state index in [-0.39, 0.29) is 19.5 Å². The Morgan fingerprint density at radius 2 is 2.00 bits per heavy atom. The largest absolute Gasteiger partial charge is 0.454 e. The molecule has 0 aromatic heterocycles. The number of aliphatic hydroxyl groups excluding tert-OH is 1. The average Bonchev–Trinajstić information content (AvgIpc) is 2.84. The Morgan fingerprint density at radius 1 is 1.21 bits per heavy atom. The number of ether oxygens (including phenoxy) is 4. The molecule has 19 heavy (non-hydrogen) atoms. The summed E-state index contributed by atoms with van der Waals surface area (Å²) in [6.45, 7) is 5.42. The molecule has 5 heteroatoms. The van der Waals surface area contributed by atoms with Crippen molar-refractivity contribution in [2.45, 2.75) is 26.1 Å². The molecule has 0 amide bonds. The first-order chi connectivity index (χ1) is 9.16. The Balaban J connectivity index is 1.75. The molecule has 1 heterocycles. The SMILES string of the molecule is CC(C)OCCOCC(O)c1ccc2c(c1)OCO2. The Labute approximate surface area is 113 Å². The van der Waals surface area contributed by atoms with Crippen LogP contribution in [0.1, 0.15) is 25.5 Å². The fourth-order valence-corrected chi connectivity index (χ4v) is 1.75. The maximum Gasteiger partial charge on any atom is 0.231 e. The standard InChI is InChI=1S/C14H20O5/c1-10(2)17-6-5-16-8-12(15)11-3-4-13-14(7-11)19-9-18-13/h3-4,7,10,12,15H,5-6,8-9H2,1-2H3. The van der Waals surface area contributed by atoms with E-state index < -0.39 is 6.10 Å². The number of benzene rings is 1. The molecule has 1 unspecified atom stereocenters. The van der Waals surface area contributed by atoms with E-state index in [1.54, 1.807) is 12.1 Å². The second kappa shape index (κ2) is 6.75. The number of rotatable bonds is 7. The van der Waals surface area contributed by atoms with Crippen molar-refractivity contribution in [1.29, 1.82) is 0 Å². The van der Waals surface area contributed by atoms with Crippen molar-refractivity contribution < 1.29 is 24.1 Å². The summed E-state index contributed by atoms with van der Waals surface area (Å²) in [5.74, 6) is 1.38. The van der Waals surface area contributed by atoms with E-state index in [1.807, 2.05) is 19.9 Å². The maximum absolute atomic E-state index is 10.00. The first-order valence-electron chi connectivity index (χ1n) is 6.44. The van der Waals surface area contributed by atoms with Crippen LogP contribution in [0.15, 0.2) is 18.2 Å². The third-order valence-corrected chi connectivity index (χ3v) is 2.74. The van der Waals surface area contributed by atoms with Gasteiger partial charge in [0.25, 0.3) is 0 Å². The first kappa shape index (κ1) is 14.1. The van der Waals surface area contributed by atoms with Gasteiger partial charge in [-0.25, -0.2) is 0 Å². The Kier molecular flexibility index (Phi) is 5.01. The van der Waals surface area contributed by atoms with Gasteiger partial charge in [-0.1, -0.05) is 6.07 Å². The summed E-state index contributed by atoms with van der Waals surface area (Å²) >= 11 is 0. The number of fused-ring (bicyclic) bond motifs is 1. The van der Waals surface area contributed by atoms with Gasteiger partial charge in [0.1, 0.15) is 6.10 Å². The van der Waals surface area contributed by atoms with E-state index in [0.29, 0.717) is 24.7 Å². The molecule has 0 fully saturated rings. The lowest BCUT2D eigenvalue weighted by Gasteiger charge is -2.13. The zero-order chi connectivity index (χ0) is 13.7. The van der Waals surface area contributed by atoms with Crippen molar-refractivity contribution in [2.24, 2.45) is 0 Å². The lowest BCUT2D eigenvalue weighted by atomic mass is 10.1. The first-order valence-corrected chi connectivity index (χ1v) is 6.44. The molecule has 106 valence electrons. The van der Waals surface area contributed by atoms with Crippen molar-refractivity contribution in [2.75, 3.05) is 26.6 Å². The monoisotopic (exact) mass is 268 g/mol. The van der Waals surface area contributed by atoms with Crippen LogP contribution in [0.2, 0.25) is 0 Å². The van der Waals surface area contributed by atoms with Gasteiger partial charge in [0.2, 0.25) is 6.79 Å². The average molecular weight is 268 g/mol. The van der Waals surface area contributed by atoms with Crippen LogP contribution >= 0.6 is 0 Å². The molecule has 0 saturated carbocycles. The van der Waals surface area contributed by atoms with Gasteiger partial charge < -0.3 is 24.1 Å². The highest BCUT2D eigenvalue weighted by molar-refractivity contribution is 5.45. The van der Waals surface area contributed by atoms with Crippen LogP contribution in [-0.2, 0) is 9.47 Å². The van der Waals surface area contributed by atoms with Crippen molar-refractivity contribution in [3.8, 4) is 11.5 Å². The number of hydrogen-bond donors (Lipinski definition) is 1. The highest BCUT2D eigenvalue weighted by Gasteiger charge is 2.16. The number of hydrogen-bond acceptors (Lipinski definition) is 5. The summed E-state index contributed by atoms with van der Waals surface area (Å²) in [6, 6.07) is 5.38. The Morgan fingerprint density at radius 3 is 2.79 bits per heavy atom. The molecule has 0 saturated heterocycles. The summed E-state index contributed by atoms with van der Waals surface area (Å²) in [5.41, 5.74) is 0.758. The van der Waals surface area contributed by atoms with Crippen molar-refractivity contribution in [3.63, 3.8) is 0 Å². The minimum Gasteiger partial charge on any atom is -0.454 e. The normalized spacial score (nSPS) is 14.9. The zero-order valence-corrected chi connectivity index (χ0v) is 11.3. The van der Waals surface area contributed by atoms with E-state index in [0.717, 1.165) is 5.56 Å². The smallest absolute Gasteiger partial charge is 0.231 e. The minimum atomic E-state index is -0.673. The highest BCUT2D eigenvalue weighted by Crippen LogP contribution is 2.34. The van der Waals surface area contributed by atoms with Crippen LogP contribution in [0.3, 0.4) is 0 Å². The van der Waals surface area contributed by atoms with Gasteiger partial charge in [-0.3, -0.25) is 0 Å². The second-order valence-electron chi connectivity index (χ2n) is 4.62. The molecule has 1 aromatic rings. The van der Waals surface area contributed by atoms with Crippen molar-refractivity contribution >= 4 is 0 Å². The van der Waals surface area contributed by atoms with Crippen LogP contribution in [0.5, 0.6) is 11.5 Å². The van der Waals surface area contributed by atoms with Gasteiger partial charge in [0, 0.05) is 0 Å². The lowest BCUT2D eigenvalue weighted by molar-refractivity contribution is -0.0111. The summed E-state index contributed by atoms with van der Waals surface area (Å²) in [5, 5.41) is 10.00. The molecule has 2 rings (SSSR count). The predicted molar refractivity (Wildman–Crippen MR) is 69.4 cm³/mol.